The zero-order valence-electron chi connectivity index (χ0n) is 8.87. The highest BCUT2D eigenvalue weighted by Crippen LogP contribution is 2.24. The van der Waals surface area contributed by atoms with Crippen molar-refractivity contribution in [2.75, 3.05) is 7.11 Å². The molecule has 0 aromatic carbocycles. The average molecular weight is 196 g/mol. The van der Waals surface area contributed by atoms with Crippen molar-refractivity contribution in [3.8, 4) is 0 Å². The van der Waals surface area contributed by atoms with Crippen LogP contribution < -0.4 is 0 Å². The van der Waals surface area contributed by atoms with Crippen molar-refractivity contribution >= 4 is 5.78 Å². The highest BCUT2D eigenvalue weighted by Gasteiger charge is 2.36. The smallest absolute Gasteiger partial charge is 0.229 e. The minimum Gasteiger partial charge on any atom is -0.461 e. The van der Waals surface area contributed by atoms with Gasteiger partial charge in [0, 0.05) is 7.11 Å². The monoisotopic (exact) mass is 196 g/mol. The normalized spacial score (nSPS) is 11.6. The van der Waals surface area contributed by atoms with E-state index < -0.39 is 5.60 Å². The Labute approximate surface area is 84.1 Å². The van der Waals surface area contributed by atoms with Gasteiger partial charge in [-0.3, -0.25) is 4.79 Å². The minimum absolute atomic E-state index is 0.0741. The van der Waals surface area contributed by atoms with Crippen molar-refractivity contribution in [1.29, 1.82) is 0 Å². The highest BCUT2D eigenvalue weighted by atomic mass is 16.5. The van der Waals surface area contributed by atoms with Crippen molar-refractivity contribution in [2.45, 2.75) is 32.3 Å². The van der Waals surface area contributed by atoms with E-state index in [1.807, 2.05) is 13.8 Å². The van der Waals surface area contributed by atoms with Crippen LogP contribution in [0.5, 0.6) is 0 Å². The standard InChI is InChI=1S/C11H16O3/c1-4-11(5-2,13-3)10(12)9-7-6-8-14-9/h6-8H,4-5H2,1-3H3. The van der Waals surface area contributed by atoms with Gasteiger partial charge in [-0.25, -0.2) is 0 Å². The van der Waals surface area contributed by atoms with E-state index in [2.05, 4.69) is 0 Å². The second-order valence-electron chi connectivity index (χ2n) is 3.21. The van der Waals surface area contributed by atoms with Crippen molar-refractivity contribution in [3.05, 3.63) is 24.2 Å². The lowest BCUT2D eigenvalue weighted by atomic mass is 9.90. The number of ether oxygens (including phenoxy) is 1. The SMILES string of the molecule is CCC(CC)(OC)C(=O)c1ccco1. The van der Waals surface area contributed by atoms with Crippen LogP contribution in [0.1, 0.15) is 37.2 Å². The van der Waals surface area contributed by atoms with Crippen LogP contribution in [0.15, 0.2) is 22.8 Å². The van der Waals surface area contributed by atoms with Gasteiger partial charge < -0.3 is 9.15 Å². The van der Waals surface area contributed by atoms with E-state index in [9.17, 15) is 4.79 Å². The molecule has 0 atom stereocenters. The Kier molecular flexibility index (Phi) is 3.47. The molecule has 0 bridgehead atoms. The van der Waals surface area contributed by atoms with E-state index in [-0.39, 0.29) is 5.78 Å². The molecule has 0 aliphatic heterocycles. The Balaban J connectivity index is 2.95. The summed E-state index contributed by atoms with van der Waals surface area (Å²) in [6, 6.07) is 3.38. The average Bonchev–Trinajstić information content (AvgIpc) is 2.74. The largest absolute Gasteiger partial charge is 0.461 e. The number of carbonyl (C=O) groups excluding carboxylic acids is 1. The molecule has 78 valence electrons. The number of methoxy groups -OCH3 is 1. The maximum absolute atomic E-state index is 12.0. The fourth-order valence-electron chi connectivity index (χ4n) is 1.58. The first kappa shape index (κ1) is 11.0. The molecule has 0 radical (unpaired) electrons. The van der Waals surface area contributed by atoms with E-state index >= 15 is 0 Å². The lowest BCUT2D eigenvalue weighted by molar-refractivity contribution is -0.00464. The lowest BCUT2D eigenvalue weighted by Gasteiger charge is -2.27. The summed E-state index contributed by atoms with van der Waals surface area (Å²) in [5.74, 6) is 0.297. The number of Topliss-reactive ketones (excluding diaryl/α,β-unsaturated/α-hetero) is 1. The molecular formula is C11H16O3. The van der Waals surface area contributed by atoms with Gasteiger partial charge in [0.05, 0.1) is 6.26 Å². The molecule has 0 fully saturated rings. The second kappa shape index (κ2) is 4.42. The van der Waals surface area contributed by atoms with E-state index in [4.69, 9.17) is 9.15 Å². The van der Waals surface area contributed by atoms with Crippen molar-refractivity contribution < 1.29 is 13.9 Å². The molecule has 3 nitrogen and oxygen atoms in total. The molecule has 0 unspecified atom stereocenters. The summed E-state index contributed by atoms with van der Waals surface area (Å²) >= 11 is 0. The maximum atomic E-state index is 12.0. The molecule has 0 N–H and O–H groups in total. The molecule has 0 spiro atoms. The summed E-state index contributed by atoms with van der Waals surface area (Å²) in [5.41, 5.74) is -0.724. The summed E-state index contributed by atoms with van der Waals surface area (Å²) in [4.78, 5) is 12.0. The second-order valence-corrected chi connectivity index (χ2v) is 3.21. The Morgan fingerprint density at radius 2 is 2.14 bits per heavy atom. The number of rotatable bonds is 5. The molecule has 1 aromatic rings. The fraction of sp³-hybridized carbons (Fsp3) is 0.545. The molecular weight excluding hydrogens is 180 g/mol. The fourth-order valence-corrected chi connectivity index (χ4v) is 1.58. The van der Waals surface area contributed by atoms with Crippen LogP contribution in [0.3, 0.4) is 0 Å². The molecule has 14 heavy (non-hydrogen) atoms. The third-order valence-electron chi connectivity index (χ3n) is 2.69. The van der Waals surface area contributed by atoms with Crippen LogP contribution in [-0.4, -0.2) is 18.5 Å². The van der Waals surface area contributed by atoms with Crippen molar-refractivity contribution in [3.63, 3.8) is 0 Å². The Bertz CT molecular complexity index is 275. The number of carbonyl (C=O) groups is 1. The molecule has 1 aromatic heterocycles. The van der Waals surface area contributed by atoms with Crippen LogP contribution in [0, 0.1) is 0 Å². The van der Waals surface area contributed by atoms with Gasteiger partial charge in [0.25, 0.3) is 0 Å². The van der Waals surface area contributed by atoms with Crippen molar-refractivity contribution in [1.82, 2.24) is 0 Å². The molecule has 0 aliphatic rings. The van der Waals surface area contributed by atoms with Gasteiger partial charge in [0.2, 0.25) is 5.78 Å². The third-order valence-corrected chi connectivity index (χ3v) is 2.69. The molecule has 0 saturated carbocycles. The number of hydrogen-bond donors (Lipinski definition) is 0. The van der Waals surface area contributed by atoms with E-state index in [0.717, 1.165) is 0 Å². The zero-order valence-corrected chi connectivity index (χ0v) is 8.87. The van der Waals surface area contributed by atoms with Gasteiger partial charge in [-0.05, 0) is 25.0 Å². The van der Waals surface area contributed by atoms with Crippen LogP contribution in [0.4, 0.5) is 0 Å². The van der Waals surface area contributed by atoms with Crippen LogP contribution in [0.25, 0.3) is 0 Å². The van der Waals surface area contributed by atoms with E-state index in [1.165, 1.54) is 6.26 Å². The van der Waals surface area contributed by atoms with Gasteiger partial charge in [-0.1, -0.05) is 13.8 Å². The van der Waals surface area contributed by atoms with E-state index in [1.54, 1.807) is 19.2 Å². The van der Waals surface area contributed by atoms with Crippen molar-refractivity contribution in [2.24, 2.45) is 0 Å². The highest BCUT2D eigenvalue weighted by molar-refractivity contribution is 6.00. The first-order chi connectivity index (χ1) is 6.70. The summed E-state index contributed by atoms with van der Waals surface area (Å²) in [6.45, 7) is 3.88. The molecule has 0 saturated heterocycles. The van der Waals surface area contributed by atoms with Gasteiger partial charge in [0.15, 0.2) is 5.76 Å². The molecule has 1 rings (SSSR count). The Morgan fingerprint density at radius 3 is 2.50 bits per heavy atom. The molecule has 3 heteroatoms. The third kappa shape index (κ3) is 1.73. The van der Waals surface area contributed by atoms with Crippen LogP contribution in [-0.2, 0) is 4.74 Å². The summed E-state index contributed by atoms with van der Waals surface area (Å²) in [7, 11) is 1.56. The predicted octanol–water partition coefficient (Wildman–Crippen LogP) is 2.67. The number of hydrogen-bond acceptors (Lipinski definition) is 3. The quantitative estimate of drug-likeness (QED) is 0.679. The number of furan rings is 1. The Morgan fingerprint density at radius 1 is 1.50 bits per heavy atom. The van der Waals surface area contributed by atoms with E-state index in [0.29, 0.717) is 18.6 Å². The number of ketones is 1. The minimum atomic E-state index is -0.724. The lowest BCUT2D eigenvalue weighted by Crippen LogP contribution is -2.39. The van der Waals surface area contributed by atoms with Gasteiger partial charge >= 0.3 is 0 Å². The van der Waals surface area contributed by atoms with Gasteiger partial charge in [0.1, 0.15) is 5.60 Å². The summed E-state index contributed by atoms with van der Waals surface area (Å²) in [5, 5.41) is 0. The van der Waals surface area contributed by atoms with Gasteiger partial charge in [-0.15, -0.1) is 0 Å². The first-order valence-electron chi connectivity index (χ1n) is 4.83. The molecule has 0 amide bonds. The first-order valence-corrected chi connectivity index (χ1v) is 4.83. The Hall–Kier alpha value is -1.09. The van der Waals surface area contributed by atoms with Crippen LogP contribution in [0.2, 0.25) is 0 Å². The molecule has 0 aliphatic carbocycles. The summed E-state index contributed by atoms with van der Waals surface area (Å²) < 4.78 is 10.4. The van der Waals surface area contributed by atoms with Gasteiger partial charge in [-0.2, -0.15) is 0 Å². The maximum Gasteiger partial charge on any atom is 0.229 e. The topological polar surface area (TPSA) is 39.4 Å². The zero-order chi connectivity index (χ0) is 10.6. The van der Waals surface area contributed by atoms with Crippen LogP contribution >= 0.6 is 0 Å². The summed E-state index contributed by atoms with van der Waals surface area (Å²) in [6.07, 6.45) is 2.80. The molecule has 1 heterocycles. The predicted molar refractivity (Wildman–Crippen MR) is 53.4 cm³/mol.